The van der Waals surface area contributed by atoms with Gasteiger partial charge in [-0.05, 0) is 6.26 Å². The smallest absolute Gasteiger partial charge is 0.105 e. The van der Waals surface area contributed by atoms with Gasteiger partial charge in [-0.15, -0.1) is 11.8 Å². The summed E-state index contributed by atoms with van der Waals surface area (Å²) in [6.45, 7) is 0. The molecule has 9 heavy (non-hydrogen) atoms. The molecule has 0 aromatic heterocycles. The Bertz CT molecular complexity index is 206. The number of allylic oxidation sites excluding steroid dienone is 2. The van der Waals surface area contributed by atoms with Crippen molar-refractivity contribution in [3.05, 3.63) is 9.81 Å². The Morgan fingerprint density at radius 3 is 2.11 bits per heavy atom. The van der Waals surface area contributed by atoms with E-state index in [-0.39, 0.29) is 4.91 Å². The van der Waals surface area contributed by atoms with Gasteiger partial charge in [0.2, 0.25) is 0 Å². The molecule has 46 valence electrons. The maximum Gasteiger partial charge on any atom is 0.105 e. The molecule has 0 aliphatic heterocycles. The Kier molecular flexibility index (Phi) is 3.87. The van der Waals surface area contributed by atoms with Gasteiger partial charge in [-0.2, -0.15) is 10.5 Å². The fourth-order valence-electron chi connectivity index (χ4n) is 0.240. The number of thioether (sulfide) groups is 1. The molecule has 0 aromatic carbocycles. The molecule has 0 unspecified atom stereocenters. The highest BCUT2D eigenvalue weighted by atomic mass is 32.2. The fourth-order valence-corrected chi connectivity index (χ4v) is 0.858. The van der Waals surface area contributed by atoms with E-state index in [1.165, 1.54) is 11.8 Å². The van der Waals surface area contributed by atoms with E-state index >= 15 is 0 Å². The Labute approximate surface area is 63.6 Å². The Morgan fingerprint density at radius 2 is 2.00 bits per heavy atom. The van der Waals surface area contributed by atoms with Gasteiger partial charge < -0.3 is 12.6 Å². The van der Waals surface area contributed by atoms with E-state index in [1.807, 2.05) is 6.07 Å². The third-order valence-electron chi connectivity index (χ3n) is 0.613. The topological polar surface area (TPSA) is 47.6 Å². The van der Waals surface area contributed by atoms with Crippen LogP contribution in [0.5, 0.6) is 0 Å². The monoisotopic (exact) mass is 155 g/mol. The minimum absolute atomic E-state index is 0.0741. The van der Waals surface area contributed by atoms with E-state index in [0.29, 0.717) is 4.91 Å². The summed E-state index contributed by atoms with van der Waals surface area (Å²) in [7, 11) is 0. The van der Waals surface area contributed by atoms with Crippen molar-refractivity contribution >= 4 is 24.4 Å². The molecule has 0 aliphatic rings. The molecule has 0 aromatic rings. The van der Waals surface area contributed by atoms with Gasteiger partial charge in [-0.1, -0.05) is 4.91 Å². The van der Waals surface area contributed by atoms with Crippen molar-refractivity contribution in [2.45, 2.75) is 0 Å². The summed E-state index contributed by atoms with van der Waals surface area (Å²) in [4.78, 5) is 0.387. The summed E-state index contributed by atoms with van der Waals surface area (Å²) in [5, 5.41) is 16.5. The van der Waals surface area contributed by atoms with Crippen LogP contribution in [0.1, 0.15) is 0 Å². The molecule has 0 rings (SSSR count). The zero-order valence-electron chi connectivity index (χ0n) is 4.71. The highest BCUT2D eigenvalue weighted by molar-refractivity contribution is 8.03. The second-order valence-electron chi connectivity index (χ2n) is 1.09. The molecule has 2 nitrogen and oxygen atoms in total. The second-order valence-corrected chi connectivity index (χ2v) is 2.31. The Morgan fingerprint density at radius 1 is 1.44 bits per heavy atom. The maximum absolute atomic E-state index is 8.28. The van der Waals surface area contributed by atoms with Crippen LogP contribution < -0.4 is 0 Å². The fraction of sp³-hybridized carbons (Fsp3) is 0.200. The molecule has 0 aliphatic carbocycles. The van der Waals surface area contributed by atoms with E-state index in [0.717, 1.165) is 0 Å². The SMILES string of the molecule is CSC(C#N)=C([S-])C#N. The summed E-state index contributed by atoms with van der Waals surface area (Å²) in [6, 6.07) is 3.54. The van der Waals surface area contributed by atoms with Crippen LogP contribution in [0.15, 0.2) is 9.81 Å². The standard InChI is InChI=1S/C5H4N2S2/c1-9-5(3-7)4(8)2-6/h8H,1H3/p-1. The molecule has 0 N–H and O–H groups in total. The molecule has 0 fully saturated rings. The number of nitriles is 2. The van der Waals surface area contributed by atoms with E-state index < -0.39 is 0 Å². The highest BCUT2D eigenvalue weighted by Gasteiger charge is 1.89. The normalized spacial score (nSPS) is 11.0. The summed E-state index contributed by atoms with van der Waals surface area (Å²) in [5.74, 6) is 0. The third-order valence-corrected chi connectivity index (χ3v) is 1.74. The van der Waals surface area contributed by atoms with E-state index in [9.17, 15) is 0 Å². The minimum Gasteiger partial charge on any atom is -0.767 e. The zero-order valence-corrected chi connectivity index (χ0v) is 6.34. The van der Waals surface area contributed by atoms with Crippen molar-refractivity contribution < 1.29 is 0 Å². The lowest BCUT2D eigenvalue weighted by Gasteiger charge is -2.00. The van der Waals surface area contributed by atoms with Gasteiger partial charge in [-0.3, -0.25) is 0 Å². The molecule has 0 amide bonds. The summed E-state index contributed by atoms with van der Waals surface area (Å²) >= 11 is 5.73. The summed E-state index contributed by atoms with van der Waals surface area (Å²) < 4.78 is 0. The highest BCUT2D eigenvalue weighted by Crippen LogP contribution is 2.13. The van der Waals surface area contributed by atoms with Gasteiger partial charge in [0.15, 0.2) is 0 Å². The van der Waals surface area contributed by atoms with Crippen molar-refractivity contribution in [1.82, 2.24) is 0 Å². The molecule has 0 bridgehead atoms. The van der Waals surface area contributed by atoms with Crippen molar-refractivity contribution in [3.63, 3.8) is 0 Å². The van der Waals surface area contributed by atoms with Crippen LogP contribution in [-0.4, -0.2) is 6.26 Å². The third kappa shape index (κ3) is 2.36. The lowest BCUT2D eigenvalue weighted by molar-refractivity contribution is 1.50. The van der Waals surface area contributed by atoms with Gasteiger partial charge >= 0.3 is 0 Å². The van der Waals surface area contributed by atoms with Crippen LogP contribution in [0, 0.1) is 22.7 Å². The van der Waals surface area contributed by atoms with Crippen LogP contribution in [0.25, 0.3) is 0 Å². The molecule has 0 saturated carbocycles. The second kappa shape index (κ2) is 4.20. The van der Waals surface area contributed by atoms with Crippen LogP contribution in [0.2, 0.25) is 0 Å². The molecule has 4 heteroatoms. The van der Waals surface area contributed by atoms with Crippen molar-refractivity contribution in [3.8, 4) is 12.1 Å². The van der Waals surface area contributed by atoms with E-state index in [1.54, 1.807) is 12.3 Å². The van der Waals surface area contributed by atoms with Gasteiger partial charge in [0, 0.05) is 0 Å². The molecule has 0 radical (unpaired) electrons. The number of rotatable bonds is 1. The number of hydrogen-bond acceptors (Lipinski definition) is 4. The predicted octanol–water partition coefficient (Wildman–Crippen LogP) is 1.16. The first-order valence-corrected chi connectivity index (χ1v) is 3.65. The largest absolute Gasteiger partial charge is 0.767 e. The number of nitrogens with zero attached hydrogens (tertiary/aromatic N) is 2. The van der Waals surface area contributed by atoms with Crippen LogP contribution in [-0.2, 0) is 12.6 Å². The van der Waals surface area contributed by atoms with Gasteiger partial charge in [0.25, 0.3) is 0 Å². The van der Waals surface area contributed by atoms with Crippen molar-refractivity contribution in [1.29, 1.82) is 10.5 Å². The lowest BCUT2D eigenvalue weighted by atomic mass is 10.5. The van der Waals surface area contributed by atoms with Gasteiger partial charge in [0.05, 0.1) is 11.0 Å². The van der Waals surface area contributed by atoms with E-state index in [2.05, 4.69) is 12.6 Å². The van der Waals surface area contributed by atoms with Crippen LogP contribution in [0.3, 0.4) is 0 Å². The van der Waals surface area contributed by atoms with Gasteiger partial charge in [-0.25, -0.2) is 0 Å². The molecular weight excluding hydrogens is 152 g/mol. The summed E-state index contributed by atoms with van der Waals surface area (Å²) in [6.07, 6.45) is 1.71. The Balaban J connectivity index is 4.49. The first-order valence-electron chi connectivity index (χ1n) is 2.01. The molecule has 0 atom stereocenters. The average molecular weight is 155 g/mol. The first-order chi connectivity index (χ1) is 4.26. The van der Waals surface area contributed by atoms with Crippen molar-refractivity contribution in [2.75, 3.05) is 6.26 Å². The van der Waals surface area contributed by atoms with Gasteiger partial charge in [0.1, 0.15) is 6.07 Å². The number of hydrogen-bond donors (Lipinski definition) is 0. The quantitative estimate of drug-likeness (QED) is 0.421. The van der Waals surface area contributed by atoms with Crippen LogP contribution in [0.4, 0.5) is 0 Å². The van der Waals surface area contributed by atoms with E-state index in [4.69, 9.17) is 10.5 Å². The molecule has 0 heterocycles. The Hall–Kier alpha value is -0.710. The predicted molar refractivity (Wildman–Crippen MR) is 39.1 cm³/mol. The maximum atomic E-state index is 8.28. The van der Waals surface area contributed by atoms with Crippen LogP contribution >= 0.6 is 11.8 Å². The summed E-state index contributed by atoms with van der Waals surface area (Å²) in [5.41, 5.74) is 0. The zero-order chi connectivity index (χ0) is 7.28. The lowest BCUT2D eigenvalue weighted by Crippen LogP contribution is -1.76. The molecule has 0 saturated heterocycles. The molecular formula is C5H3N2S2-. The minimum atomic E-state index is 0.0741. The molecule has 0 spiro atoms. The average Bonchev–Trinajstić information content (AvgIpc) is 1.90. The van der Waals surface area contributed by atoms with Crippen molar-refractivity contribution in [2.24, 2.45) is 0 Å². The first kappa shape index (κ1) is 8.29.